The predicted octanol–water partition coefficient (Wildman–Crippen LogP) is 3.78. The van der Waals surface area contributed by atoms with Crippen LogP contribution in [0.25, 0.3) is 0 Å². The highest BCUT2D eigenvalue weighted by Crippen LogP contribution is 2.31. The van der Waals surface area contributed by atoms with Crippen LogP contribution in [0.3, 0.4) is 0 Å². The van der Waals surface area contributed by atoms with Gasteiger partial charge in [0.2, 0.25) is 0 Å². The average molecular weight is 435 g/mol. The minimum Gasteiger partial charge on any atom is -0.455 e. The Morgan fingerprint density at radius 1 is 1.35 bits per heavy atom. The Morgan fingerprint density at radius 3 is 2.81 bits per heavy atom. The van der Waals surface area contributed by atoms with Crippen molar-refractivity contribution >= 4 is 50.6 Å². The molecule has 2 aromatic rings. The predicted molar refractivity (Wildman–Crippen MR) is 110 cm³/mol. The number of amides is 1. The van der Waals surface area contributed by atoms with Gasteiger partial charge in [-0.2, -0.15) is 5.10 Å². The molecular formula is C18H19BrN4O2S. The van der Waals surface area contributed by atoms with Gasteiger partial charge in [0, 0.05) is 22.0 Å². The lowest BCUT2D eigenvalue weighted by Gasteiger charge is -2.13. The van der Waals surface area contributed by atoms with E-state index in [-0.39, 0.29) is 11.0 Å². The fourth-order valence-corrected chi connectivity index (χ4v) is 3.66. The fourth-order valence-electron chi connectivity index (χ4n) is 3.02. The van der Waals surface area contributed by atoms with Crippen molar-refractivity contribution < 1.29 is 9.21 Å². The van der Waals surface area contributed by atoms with E-state index in [1.165, 1.54) is 0 Å². The van der Waals surface area contributed by atoms with Crippen molar-refractivity contribution in [3.05, 3.63) is 50.9 Å². The lowest BCUT2D eigenvalue weighted by Crippen LogP contribution is -2.26. The Labute approximate surface area is 165 Å². The van der Waals surface area contributed by atoms with E-state index in [0.717, 1.165) is 51.9 Å². The number of hydrogen-bond acceptors (Lipinski definition) is 4. The summed E-state index contributed by atoms with van der Waals surface area (Å²) in [7, 11) is 0. The second-order valence-electron chi connectivity index (χ2n) is 6.18. The van der Waals surface area contributed by atoms with Crippen LogP contribution in [0, 0.1) is 13.8 Å². The number of thiocarbonyl (C=S) groups is 1. The maximum absolute atomic E-state index is 12.7. The second kappa shape index (κ2) is 7.59. The number of nitrogens with two attached hydrogens (primary N) is 1. The highest BCUT2D eigenvalue weighted by Gasteiger charge is 2.28. The smallest absolute Gasteiger partial charge is 0.291 e. The number of aryl methyl sites for hydroxylation is 2. The molecule has 1 aromatic carbocycles. The number of anilines is 1. The van der Waals surface area contributed by atoms with Crippen LogP contribution in [-0.4, -0.2) is 16.7 Å². The lowest BCUT2D eigenvalue weighted by molar-refractivity contribution is 0.0994. The minimum absolute atomic E-state index is 0.105. The number of hydrogen-bond donors (Lipinski definition) is 3. The molecule has 0 fully saturated rings. The van der Waals surface area contributed by atoms with Gasteiger partial charge in [-0.25, -0.2) is 0 Å². The molecule has 1 heterocycles. The van der Waals surface area contributed by atoms with Gasteiger partial charge in [-0.1, -0.05) is 6.07 Å². The van der Waals surface area contributed by atoms with Crippen LogP contribution in [0.15, 0.2) is 32.2 Å². The number of nitrogens with one attached hydrogen (secondary N) is 2. The van der Waals surface area contributed by atoms with Crippen LogP contribution in [0.4, 0.5) is 5.69 Å². The van der Waals surface area contributed by atoms with Crippen LogP contribution in [0.1, 0.15) is 45.8 Å². The van der Waals surface area contributed by atoms with Crippen molar-refractivity contribution in [2.24, 2.45) is 10.8 Å². The van der Waals surface area contributed by atoms with E-state index >= 15 is 0 Å². The van der Waals surface area contributed by atoms with Crippen molar-refractivity contribution in [3.63, 3.8) is 0 Å². The zero-order valence-corrected chi connectivity index (χ0v) is 16.9. The van der Waals surface area contributed by atoms with Crippen molar-refractivity contribution in [2.45, 2.75) is 33.1 Å². The van der Waals surface area contributed by atoms with Crippen LogP contribution < -0.4 is 16.5 Å². The number of furan rings is 1. The highest BCUT2D eigenvalue weighted by molar-refractivity contribution is 9.10. The van der Waals surface area contributed by atoms with Gasteiger partial charge in [-0.3, -0.25) is 10.2 Å². The number of carbonyl (C=O) groups is 1. The SMILES string of the molecule is Cc1ccc(NC(=O)c2oc3c(c2C)/C(=N/NC(N)=S)CCC3)c(Br)c1. The Bertz CT molecular complexity index is 920. The molecule has 1 aliphatic rings. The third-order valence-corrected chi connectivity index (χ3v) is 4.95. The van der Waals surface area contributed by atoms with Crippen LogP contribution >= 0.6 is 28.1 Å². The number of benzene rings is 1. The van der Waals surface area contributed by atoms with Crippen LogP contribution in [-0.2, 0) is 6.42 Å². The van der Waals surface area contributed by atoms with E-state index in [0.29, 0.717) is 11.4 Å². The Balaban J connectivity index is 1.91. The van der Waals surface area contributed by atoms with Gasteiger partial charge in [-0.05, 0) is 72.5 Å². The summed E-state index contributed by atoms with van der Waals surface area (Å²) >= 11 is 8.27. The summed E-state index contributed by atoms with van der Waals surface area (Å²) < 4.78 is 6.69. The molecule has 0 radical (unpaired) electrons. The molecule has 1 aliphatic carbocycles. The number of carbonyl (C=O) groups excluding carboxylic acids is 1. The quantitative estimate of drug-likeness (QED) is 0.504. The molecule has 4 N–H and O–H groups in total. The molecular weight excluding hydrogens is 416 g/mol. The van der Waals surface area contributed by atoms with E-state index in [1.807, 2.05) is 32.0 Å². The number of rotatable bonds is 3. The monoisotopic (exact) mass is 434 g/mol. The largest absolute Gasteiger partial charge is 0.455 e. The number of fused-ring (bicyclic) bond motifs is 1. The second-order valence-corrected chi connectivity index (χ2v) is 7.47. The summed E-state index contributed by atoms with van der Waals surface area (Å²) in [5, 5.41) is 7.26. The first-order valence-electron chi connectivity index (χ1n) is 8.19. The summed E-state index contributed by atoms with van der Waals surface area (Å²) in [6, 6.07) is 5.74. The van der Waals surface area contributed by atoms with Crippen molar-refractivity contribution in [1.82, 2.24) is 5.43 Å². The van der Waals surface area contributed by atoms with Gasteiger partial charge in [0.25, 0.3) is 5.91 Å². The topological polar surface area (TPSA) is 92.6 Å². The van der Waals surface area contributed by atoms with Crippen LogP contribution in [0.5, 0.6) is 0 Å². The number of hydrazone groups is 1. The molecule has 0 saturated heterocycles. The molecule has 0 atom stereocenters. The van der Waals surface area contributed by atoms with Crippen molar-refractivity contribution in [3.8, 4) is 0 Å². The van der Waals surface area contributed by atoms with Gasteiger partial charge >= 0.3 is 0 Å². The summed E-state index contributed by atoms with van der Waals surface area (Å²) in [6.45, 7) is 3.85. The van der Waals surface area contributed by atoms with E-state index in [4.69, 9.17) is 22.4 Å². The maximum Gasteiger partial charge on any atom is 0.291 e. The standard InChI is InChI=1S/C18H19BrN4O2S/c1-9-6-7-12(11(19)8-9)21-17(24)16-10(2)15-13(22-23-18(20)26)4-3-5-14(15)25-16/h6-8H,3-5H2,1-2H3,(H,21,24)(H3,20,23,26)/b22-13+. The molecule has 1 aromatic heterocycles. The van der Waals surface area contributed by atoms with E-state index < -0.39 is 0 Å². The Morgan fingerprint density at radius 2 is 2.12 bits per heavy atom. The van der Waals surface area contributed by atoms with Gasteiger partial charge < -0.3 is 15.5 Å². The molecule has 0 saturated carbocycles. The first kappa shape index (κ1) is 18.6. The maximum atomic E-state index is 12.7. The molecule has 6 nitrogen and oxygen atoms in total. The molecule has 3 rings (SSSR count). The molecule has 26 heavy (non-hydrogen) atoms. The minimum atomic E-state index is -0.289. The van der Waals surface area contributed by atoms with Crippen molar-refractivity contribution in [2.75, 3.05) is 5.32 Å². The molecule has 0 unspecified atom stereocenters. The molecule has 0 aliphatic heterocycles. The van der Waals surface area contributed by atoms with Gasteiger partial charge in [0.05, 0.1) is 11.4 Å². The molecule has 0 spiro atoms. The first-order chi connectivity index (χ1) is 12.4. The first-order valence-corrected chi connectivity index (χ1v) is 9.39. The summed E-state index contributed by atoms with van der Waals surface area (Å²) in [5.74, 6) is 0.779. The highest BCUT2D eigenvalue weighted by atomic mass is 79.9. The Hall–Kier alpha value is -2.19. The lowest BCUT2D eigenvalue weighted by atomic mass is 9.93. The Kier molecular flexibility index (Phi) is 5.43. The van der Waals surface area contributed by atoms with Crippen LogP contribution in [0.2, 0.25) is 0 Å². The van der Waals surface area contributed by atoms with Gasteiger partial charge in [0.15, 0.2) is 10.9 Å². The molecule has 1 amide bonds. The molecule has 136 valence electrons. The van der Waals surface area contributed by atoms with Gasteiger partial charge in [0.1, 0.15) is 5.76 Å². The summed E-state index contributed by atoms with van der Waals surface area (Å²) in [5.41, 5.74) is 12.3. The fraction of sp³-hybridized carbons (Fsp3) is 0.278. The summed E-state index contributed by atoms with van der Waals surface area (Å²) in [4.78, 5) is 12.7. The zero-order valence-electron chi connectivity index (χ0n) is 14.5. The van der Waals surface area contributed by atoms with E-state index in [9.17, 15) is 4.79 Å². The van der Waals surface area contributed by atoms with E-state index in [2.05, 4.69) is 31.8 Å². The molecule has 8 heteroatoms. The average Bonchev–Trinajstić information content (AvgIpc) is 2.93. The summed E-state index contributed by atoms with van der Waals surface area (Å²) in [6.07, 6.45) is 2.43. The third kappa shape index (κ3) is 3.81. The third-order valence-electron chi connectivity index (χ3n) is 4.21. The normalized spacial score (nSPS) is 14.8. The van der Waals surface area contributed by atoms with Gasteiger partial charge in [-0.15, -0.1) is 0 Å². The molecule has 0 bridgehead atoms. The number of halogens is 1. The zero-order chi connectivity index (χ0) is 18.8. The van der Waals surface area contributed by atoms with Crippen molar-refractivity contribution in [1.29, 1.82) is 0 Å². The number of nitrogens with zero attached hydrogens (tertiary/aromatic N) is 1. The van der Waals surface area contributed by atoms with E-state index in [1.54, 1.807) is 0 Å².